The van der Waals surface area contributed by atoms with Crippen molar-refractivity contribution in [2.45, 2.75) is 19.6 Å². The number of benzene rings is 2. The molecule has 0 unspecified atom stereocenters. The van der Waals surface area contributed by atoms with Crippen LogP contribution in [0.25, 0.3) is 6.08 Å². The van der Waals surface area contributed by atoms with E-state index in [4.69, 9.17) is 0 Å². The molecule has 1 heterocycles. The van der Waals surface area contributed by atoms with Crippen molar-refractivity contribution in [1.82, 2.24) is 0 Å². The Labute approximate surface area is 136 Å². The fourth-order valence-corrected chi connectivity index (χ4v) is 22.4. The van der Waals surface area contributed by atoms with Crippen molar-refractivity contribution in [3.8, 4) is 0 Å². The number of hydrogen-bond donors (Lipinski definition) is 0. The maximum absolute atomic E-state index is 2.49. The molecule has 0 aromatic heterocycles. The Balaban J connectivity index is 2.23. The molecule has 1 aliphatic heterocycles. The summed E-state index contributed by atoms with van der Waals surface area (Å²) >= 11 is -2.10. The fourth-order valence-electron chi connectivity index (χ4n) is 2.72. The van der Waals surface area contributed by atoms with Gasteiger partial charge in [0.2, 0.25) is 0 Å². The summed E-state index contributed by atoms with van der Waals surface area (Å²) in [6.07, 6.45) is 7.04. The molecule has 0 amide bonds. The summed E-state index contributed by atoms with van der Waals surface area (Å²) in [4.78, 5) is 0. The van der Waals surface area contributed by atoms with E-state index in [1.54, 1.807) is 6.54 Å². The van der Waals surface area contributed by atoms with Gasteiger partial charge in [-0.3, -0.25) is 0 Å². The van der Waals surface area contributed by atoms with Gasteiger partial charge in [-0.25, -0.2) is 0 Å². The fraction of sp³-hybridized carbons (Fsp3) is 0.158. The van der Waals surface area contributed by atoms with Crippen LogP contribution in [-0.4, -0.2) is 29.8 Å². The Morgan fingerprint density at radius 1 is 0.810 bits per heavy atom. The van der Waals surface area contributed by atoms with Gasteiger partial charge in [0, 0.05) is 0 Å². The maximum atomic E-state index is 2.49. The quantitative estimate of drug-likeness (QED) is 0.569. The minimum atomic E-state index is -2.10. The Hall–Kier alpha value is -0.980. The summed E-state index contributed by atoms with van der Waals surface area (Å²) < 4.78 is 5.06. The number of fused-ring (bicyclic) bond motifs is 1. The van der Waals surface area contributed by atoms with Gasteiger partial charge < -0.3 is 0 Å². The second-order valence-corrected chi connectivity index (χ2v) is 21.5. The van der Waals surface area contributed by atoms with Crippen molar-refractivity contribution in [1.29, 1.82) is 0 Å². The van der Waals surface area contributed by atoms with Gasteiger partial charge in [-0.1, -0.05) is 0 Å². The first-order valence-electron chi connectivity index (χ1n) is 7.40. The number of allylic oxidation sites excluding steroid dienone is 2. The molecule has 2 aromatic rings. The number of rotatable bonds is 2. The molecule has 2 aromatic carbocycles. The van der Waals surface area contributed by atoms with E-state index in [9.17, 15) is 0 Å². The van der Waals surface area contributed by atoms with E-state index < -0.39 is 29.8 Å². The second kappa shape index (κ2) is 6.02. The first-order chi connectivity index (χ1) is 10.1. The van der Waals surface area contributed by atoms with Crippen molar-refractivity contribution >= 4 is 42.4 Å². The Morgan fingerprint density at radius 3 is 2.19 bits per heavy atom. The van der Waals surface area contributed by atoms with E-state index in [1.165, 1.54) is 5.56 Å². The summed E-state index contributed by atoms with van der Waals surface area (Å²) in [6, 6.07) is 20.3. The first-order valence-corrected chi connectivity index (χ1v) is 16.1. The molecule has 106 valence electrons. The van der Waals surface area contributed by atoms with Crippen LogP contribution < -0.4 is 6.54 Å². The van der Waals surface area contributed by atoms with Crippen LogP contribution in [0.2, 0.25) is 19.6 Å². The number of hydrogen-bond acceptors (Lipinski definition) is 0. The zero-order valence-electron chi connectivity index (χ0n) is 12.9. The molecule has 0 aliphatic carbocycles. The summed E-state index contributed by atoms with van der Waals surface area (Å²) in [5, 5.41) is 0. The Morgan fingerprint density at radius 2 is 1.48 bits per heavy atom. The van der Waals surface area contributed by atoms with Crippen molar-refractivity contribution in [2.75, 3.05) is 0 Å². The third-order valence-corrected chi connectivity index (χ3v) is 24.3. The zero-order chi connectivity index (χ0) is 14.9. The van der Waals surface area contributed by atoms with Crippen LogP contribution in [0.15, 0.2) is 69.7 Å². The SMILES string of the molecule is C[Si](C)(C)[C]1=CC=Cc2cccc[c]2[Bi]1[c]1ccccc1. The van der Waals surface area contributed by atoms with Gasteiger partial charge in [0.1, 0.15) is 0 Å². The standard InChI is InChI=1S/C13H16Si.C6H5.Bi/c1-14(2,3)12-8-7-11-13-9-5-4-6-10-13;1-2-4-6-5-3-1;/h4-9,11H,1-3H3;1-5H;. The predicted octanol–water partition coefficient (Wildman–Crippen LogP) is 3.67. The zero-order valence-corrected chi connectivity index (χ0v) is 17.4. The summed E-state index contributed by atoms with van der Waals surface area (Å²) in [6.45, 7) is 7.48. The molecule has 0 atom stereocenters. The second-order valence-electron chi connectivity index (χ2n) is 6.39. The van der Waals surface area contributed by atoms with E-state index in [0.29, 0.717) is 0 Å². The third kappa shape index (κ3) is 3.12. The van der Waals surface area contributed by atoms with Gasteiger partial charge in [-0.05, 0) is 0 Å². The van der Waals surface area contributed by atoms with Crippen LogP contribution in [0.1, 0.15) is 5.56 Å². The molecule has 0 fully saturated rings. The molecule has 1 aliphatic rings. The molecule has 2 heteroatoms. The topological polar surface area (TPSA) is 0 Å². The van der Waals surface area contributed by atoms with Gasteiger partial charge in [-0.2, -0.15) is 0 Å². The molecule has 0 saturated carbocycles. The van der Waals surface area contributed by atoms with Gasteiger partial charge in [0.05, 0.1) is 0 Å². The van der Waals surface area contributed by atoms with E-state index in [0.717, 1.165) is 0 Å². The molecule has 0 spiro atoms. The van der Waals surface area contributed by atoms with Crippen molar-refractivity contribution in [3.05, 3.63) is 75.2 Å². The average molecular weight is 486 g/mol. The molecular formula is C19H21BiSi. The van der Waals surface area contributed by atoms with Crippen LogP contribution in [0.4, 0.5) is 0 Å². The van der Waals surface area contributed by atoms with Crippen molar-refractivity contribution in [2.24, 2.45) is 0 Å². The van der Waals surface area contributed by atoms with E-state index in [2.05, 4.69) is 92.5 Å². The minimum absolute atomic E-state index is 1.30. The first kappa shape index (κ1) is 14.9. The monoisotopic (exact) mass is 486 g/mol. The van der Waals surface area contributed by atoms with Crippen LogP contribution >= 0.6 is 0 Å². The molecule has 0 nitrogen and oxygen atoms in total. The molecular weight excluding hydrogens is 465 g/mol. The van der Waals surface area contributed by atoms with E-state index >= 15 is 0 Å². The van der Waals surface area contributed by atoms with Crippen LogP contribution in [0.3, 0.4) is 0 Å². The normalized spacial score (nSPS) is 15.3. The van der Waals surface area contributed by atoms with E-state index in [1.807, 2.05) is 2.90 Å². The van der Waals surface area contributed by atoms with Crippen molar-refractivity contribution < 1.29 is 0 Å². The van der Waals surface area contributed by atoms with Gasteiger partial charge >= 0.3 is 137 Å². The molecule has 3 rings (SSSR count). The Kier molecular flexibility index (Phi) is 4.28. The molecule has 0 saturated heterocycles. The molecule has 0 bridgehead atoms. The van der Waals surface area contributed by atoms with Crippen LogP contribution in [0, 0.1) is 0 Å². The summed E-state index contributed by atoms with van der Waals surface area (Å²) in [7, 11) is -1.30. The van der Waals surface area contributed by atoms with Crippen LogP contribution in [-0.2, 0) is 0 Å². The molecule has 21 heavy (non-hydrogen) atoms. The third-order valence-electron chi connectivity index (χ3n) is 3.73. The molecule has 0 radical (unpaired) electrons. The predicted molar refractivity (Wildman–Crippen MR) is 98.4 cm³/mol. The van der Waals surface area contributed by atoms with Crippen molar-refractivity contribution in [3.63, 3.8) is 0 Å². The van der Waals surface area contributed by atoms with Gasteiger partial charge in [0.25, 0.3) is 0 Å². The van der Waals surface area contributed by atoms with Crippen LogP contribution in [0.5, 0.6) is 0 Å². The summed E-state index contributed by atoms with van der Waals surface area (Å²) in [5.74, 6) is 0. The van der Waals surface area contributed by atoms with Gasteiger partial charge in [0.15, 0.2) is 0 Å². The van der Waals surface area contributed by atoms with E-state index in [-0.39, 0.29) is 0 Å². The Bertz CT molecular complexity index is 693. The molecule has 0 N–H and O–H groups in total. The average Bonchev–Trinajstić information content (AvgIpc) is 2.67. The summed E-state index contributed by atoms with van der Waals surface area (Å²) in [5.41, 5.74) is 1.43. The van der Waals surface area contributed by atoms with Gasteiger partial charge in [-0.15, -0.1) is 0 Å².